The summed E-state index contributed by atoms with van der Waals surface area (Å²) in [6.45, 7) is 4.27. The first-order chi connectivity index (χ1) is 9.02. The molecule has 0 amide bonds. The normalized spacial score (nSPS) is 23.6. The lowest BCUT2D eigenvalue weighted by molar-refractivity contribution is -0.123. The van der Waals surface area contributed by atoms with Crippen LogP contribution in [0.1, 0.15) is 50.9 Å². The van der Waals surface area contributed by atoms with Gasteiger partial charge in [0.25, 0.3) is 0 Å². The van der Waals surface area contributed by atoms with E-state index in [2.05, 4.69) is 12.0 Å². The molecule has 1 aromatic heterocycles. The van der Waals surface area contributed by atoms with Crippen molar-refractivity contribution in [3.63, 3.8) is 0 Å². The quantitative estimate of drug-likeness (QED) is 0.846. The second-order valence-electron chi connectivity index (χ2n) is 5.80. The number of halogens is 1. The van der Waals surface area contributed by atoms with Gasteiger partial charge in [-0.1, -0.05) is 38.3 Å². The molecule has 3 nitrogen and oxygen atoms in total. The summed E-state index contributed by atoms with van der Waals surface area (Å²) in [5.41, 5.74) is 1.77. The Labute approximate surface area is 120 Å². The van der Waals surface area contributed by atoms with Gasteiger partial charge < -0.3 is 0 Å². The molecule has 0 saturated heterocycles. The average molecular weight is 283 g/mol. The van der Waals surface area contributed by atoms with Gasteiger partial charge in [0.1, 0.15) is 5.78 Å². The van der Waals surface area contributed by atoms with E-state index in [1.54, 1.807) is 4.68 Å². The Morgan fingerprint density at radius 2 is 2.21 bits per heavy atom. The highest BCUT2D eigenvalue weighted by Crippen LogP contribution is 2.31. The predicted molar refractivity (Wildman–Crippen MR) is 77.4 cm³/mol. The fourth-order valence-electron chi connectivity index (χ4n) is 3.05. The molecule has 2 unspecified atom stereocenters. The highest BCUT2D eigenvalue weighted by Gasteiger charge is 2.26. The Balaban J connectivity index is 2.08. The summed E-state index contributed by atoms with van der Waals surface area (Å²) in [6.07, 6.45) is 5.75. The van der Waals surface area contributed by atoms with Gasteiger partial charge in [-0.25, -0.2) is 0 Å². The molecular weight excluding hydrogens is 260 g/mol. The lowest BCUT2D eigenvalue weighted by Crippen LogP contribution is -2.24. The zero-order valence-corrected chi connectivity index (χ0v) is 12.8. The van der Waals surface area contributed by atoms with Crippen molar-refractivity contribution >= 4 is 17.4 Å². The molecule has 19 heavy (non-hydrogen) atoms. The van der Waals surface area contributed by atoms with E-state index < -0.39 is 0 Å². The van der Waals surface area contributed by atoms with Crippen molar-refractivity contribution in [2.24, 2.45) is 18.9 Å². The summed E-state index contributed by atoms with van der Waals surface area (Å²) in [5.74, 6) is 1.23. The van der Waals surface area contributed by atoms with Gasteiger partial charge in [0.05, 0.1) is 22.8 Å². The van der Waals surface area contributed by atoms with Crippen LogP contribution in [0.5, 0.6) is 0 Å². The fourth-order valence-corrected chi connectivity index (χ4v) is 3.41. The Morgan fingerprint density at radius 1 is 1.47 bits per heavy atom. The van der Waals surface area contributed by atoms with E-state index >= 15 is 0 Å². The van der Waals surface area contributed by atoms with Crippen LogP contribution in [-0.4, -0.2) is 15.6 Å². The average Bonchev–Trinajstić information content (AvgIpc) is 2.66. The topological polar surface area (TPSA) is 34.9 Å². The van der Waals surface area contributed by atoms with E-state index in [1.165, 1.54) is 12.8 Å². The summed E-state index contributed by atoms with van der Waals surface area (Å²) in [7, 11) is 1.87. The molecule has 1 aliphatic carbocycles. The second-order valence-corrected chi connectivity index (χ2v) is 6.17. The van der Waals surface area contributed by atoms with Gasteiger partial charge >= 0.3 is 0 Å². The molecule has 2 rings (SSSR count). The molecular formula is C15H23ClN2O. The molecule has 2 atom stereocenters. The lowest BCUT2D eigenvalue weighted by Gasteiger charge is -2.25. The number of Topliss-reactive ketones (excluding diaryl/α,β-unsaturated/α-hetero) is 1. The van der Waals surface area contributed by atoms with E-state index in [0.717, 1.165) is 30.7 Å². The number of aryl methyl sites for hydroxylation is 2. The third-order valence-corrected chi connectivity index (χ3v) is 4.67. The molecule has 0 radical (unpaired) electrons. The van der Waals surface area contributed by atoms with Gasteiger partial charge in [-0.2, -0.15) is 5.10 Å². The fraction of sp³-hybridized carbons (Fsp3) is 0.733. The van der Waals surface area contributed by atoms with Crippen LogP contribution in [-0.2, 0) is 24.7 Å². The molecule has 1 aliphatic rings. The maximum atomic E-state index is 12.4. The molecule has 0 aromatic carbocycles. The Kier molecular flexibility index (Phi) is 4.67. The van der Waals surface area contributed by atoms with Crippen molar-refractivity contribution in [3.8, 4) is 0 Å². The first-order valence-corrected chi connectivity index (χ1v) is 7.63. The van der Waals surface area contributed by atoms with Crippen LogP contribution in [0, 0.1) is 11.8 Å². The van der Waals surface area contributed by atoms with Crippen LogP contribution in [0.4, 0.5) is 0 Å². The minimum absolute atomic E-state index is 0.222. The van der Waals surface area contributed by atoms with E-state index in [0.29, 0.717) is 23.1 Å². The first-order valence-electron chi connectivity index (χ1n) is 7.25. The summed E-state index contributed by atoms with van der Waals surface area (Å²) in [5, 5.41) is 5.06. The van der Waals surface area contributed by atoms with E-state index in [1.807, 2.05) is 14.0 Å². The minimum Gasteiger partial charge on any atom is -0.299 e. The van der Waals surface area contributed by atoms with Gasteiger partial charge in [0.2, 0.25) is 0 Å². The summed E-state index contributed by atoms with van der Waals surface area (Å²) < 4.78 is 1.77. The Morgan fingerprint density at radius 3 is 2.79 bits per heavy atom. The van der Waals surface area contributed by atoms with Crippen LogP contribution in [0.3, 0.4) is 0 Å². The molecule has 0 spiro atoms. The van der Waals surface area contributed by atoms with Crippen LogP contribution in [0.2, 0.25) is 5.02 Å². The Bertz CT molecular complexity index is 467. The molecule has 1 aromatic rings. The molecule has 1 saturated carbocycles. The lowest BCUT2D eigenvalue weighted by atomic mass is 9.79. The van der Waals surface area contributed by atoms with Gasteiger partial charge in [-0.3, -0.25) is 9.48 Å². The second kappa shape index (κ2) is 6.08. The highest BCUT2D eigenvalue weighted by molar-refractivity contribution is 6.32. The molecule has 0 aliphatic heterocycles. The van der Waals surface area contributed by atoms with Crippen molar-refractivity contribution in [3.05, 3.63) is 16.4 Å². The molecule has 1 heterocycles. The van der Waals surface area contributed by atoms with Crippen LogP contribution in [0.15, 0.2) is 0 Å². The van der Waals surface area contributed by atoms with Crippen molar-refractivity contribution in [1.29, 1.82) is 0 Å². The molecule has 0 bridgehead atoms. The van der Waals surface area contributed by atoms with Crippen molar-refractivity contribution < 1.29 is 4.79 Å². The van der Waals surface area contributed by atoms with Crippen LogP contribution < -0.4 is 0 Å². The zero-order valence-electron chi connectivity index (χ0n) is 12.1. The third-order valence-electron chi connectivity index (χ3n) is 4.24. The third kappa shape index (κ3) is 3.19. The van der Waals surface area contributed by atoms with E-state index in [-0.39, 0.29) is 5.92 Å². The summed E-state index contributed by atoms with van der Waals surface area (Å²) in [6, 6.07) is 0. The summed E-state index contributed by atoms with van der Waals surface area (Å²) >= 11 is 6.31. The number of carbonyl (C=O) groups is 1. The summed E-state index contributed by atoms with van der Waals surface area (Å²) in [4.78, 5) is 12.4. The number of ketones is 1. The number of aromatic nitrogens is 2. The molecule has 1 fully saturated rings. The zero-order chi connectivity index (χ0) is 14.0. The van der Waals surface area contributed by atoms with Gasteiger partial charge in [0.15, 0.2) is 0 Å². The first kappa shape index (κ1) is 14.6. The highest BCUT2D eigenvalue weighted by atomic mass is 35.5. The minimum atomic E-state index is 0.222. The van der Waals surface area contributed by atoms with Crippen molar-refractivity contribution in [1.82, 2.24) is 9.78 Å². The monoisotopic (exact) mass is 282 g/mol. The number of carbonyl (C=O) groups excluding carboxylic acids is 1. The van der Waals surface area contributed by atoms with Gasteiger partial charge in [-0.05, 0) is 25.2 Å². The number of nitrogens with zero attached hydrogens (tertiary/aromatic N) is 2. The number of hydrogen-bond acceptors (Lipinski definition) is 2. The van der Waals surface area contributed by atoms with Gasteiger partial charge in [0, 0.05) is 13.0 Å². The smallest absolute Gasteiger partial charge is 0.141 e. The van der Waals surface area contributed by atoms with Crippen molar-refractivity contribution in [2.75, 3.05) is 0 Å². The number of hydrogen-bond donors (Lipinski definition) is 0. The van der Waals surface area contributed by atoms with Crippen LogP contribution in [0.25, 0.3) is 0 Å². The van der Waals surface area contributed by atoms with Crippen LogP contribution >= 0.6 is 11.6 Å². The molecule has 106 valence electrons. The number of rotatable bonds is 4. The van der Waals surface area contributed by atoms with E-state index in [4.69, 9.17) is 11.6 Å². The Hall–Kier alpha value is -0.830. The predicted octanol–water partition coefficient (Wildman–Crippen LogP) is 3.57. The molecule has 4 heteroatoms. The standard InChI is InChI=1S/C15H23ClN2O/c1-4-12-15(16)13(18(3)17-12)9-14(19)11-7-5-6-10(2)8-11/h10-11H,4-9H2,1-3H3. The SMILES string of the molecule is CCc1nn(C)c(CC(=O)C2CCCC(C)C2)c1Cl. The van der Waals surface area contributed by atoms with E-state index in [9.17, 15) is 4.79 Å². The largest absolute Gasteiger partial charge is 0.299 e. The van der Waals surface area contributed by atoms with Crippen molar-refractivity contribution in [2.45, 2.75) is 52.4 Å². The maximum Gasteiger partial charge on any atom is 0.141 e. The van der Waals surface area contributed by atoms with Gasteiger partial charge in [-0.15, -0.1) is 0 Å². The molecule has 0 N–H and O–H groups in total. The maximum absolute atomic E-state index is 12.4.